The number of alkyl halides is 3. The van der Waals surface area contributed by atoms with Crippen LogP contribution in [0.3, 0.4) is 0 Å². The molecule has 0 saturated carbocycles. The summed E-state index contributed by atoms with van der Waals surface area (Å²) < 4.78 is 45.1. The van der Waals surface area contributed by atoms with Crippen LogP contribution >= 0.6 is 0 Å². The van der Waals surface area contributed by atoms with E-state index in [1.54, 1.807) is 6.92 Å². The molecule has 2 aliphatic heterocycles. The first-order valence-corrected chi connectivity index (χ1v) is 6.36. The van der Waals surface area contributed by atoms with Crippen molar-refractivity contribution in [2.75, 3.05) is 13.1 Å². The lowest BCUT2D eigenvalue weighted by molar-refractivity contribution is -0.140. The molecule has 0 unspecified atom stereocenters. The number of halogens is 3. The topological polar surface area (TPSA) is 21.3 Å². The number of nitrogens with one attached hydrogen (secondary N) is 1. The second kappa shape index (κ2) is 3.96. The predicted molar refractivity (Wildman–Crippen MR) is 65.0 cm³/mol. The van der Waals surface area contributed by atoms with Crippen LogP contribution in [-0.4, -0.2) is 19.2 Å². The second-order valence-electron chi connectivity index (χ2n) is 5.68. The molecule has 0 bridgehead atoms. The summed E-state index contributed by atoms with van der Waals surface area (Å²) >= 11 is 0. The number of hydrogen-bond donors (Lipinski definition) is 1. The molecule has 0 radical (unpaired) electrons. The molecule has 3 rings (SSSR count). The van der Waals surface area contributed by atoms with Crippen LogP contribution in [0.5, 0.6) is 0 Å². The molecule has 19 heavy (non-hydrogen) atoms. The molecule has 1 N–H and O–H groups in total. The predicted octanol–water partition coefficient (Wildman–Crippen LogP) is 2.77. The highest BCUT2D eigenvalue weighted by Gasteiger charge is 2.47. The van der Waals surface area contributed by atoms with E-state index in [-0.39, 0.29) is 18.1 Å². The molecule has 2 heterocycles. The molecule has 1 fully saturated rings. The number of ether oxygens (including phenoxy) is 1. The van der Waals surface area contributed by atoms with E-state index in [1.165, 1.54) is 6.07 Å². The van der Waals surface area contributed by atoms with Crippen molar-refractivity contribution in [3.63, 3.8) is 0 Å². The first kappa shape index (κ1) is 12.9. The smallest absolute Gasteiger partial charge is 0.371 e. The number of benzene rings is 1. The maximum absolute atomic E-state index is 13.2. The monoisotopic (exact) mass is 271 g/mol. The van der Waals surface area contributed by atoms with Gasteiger partial charge in [0.25, 0.3) is 0 Å². The molecule has 2 aliphatic rings. The Labute approximate surface area is 109 Å². The lowest BCUT2D eigenvalue weighted by Gasteiger charge is -2.38. The SMILES string of the molecule is Cc1cc(C(F)(F)F)c2c(c1)[C@]1(C)CNC[C@@H]1OC2. The molecule has 5 heteroatoms. The molecule has 2 atom stereocenters. The molecule has 0 amide bonds. The normalized spacial score (nSPS) is 30.1. The Bertz CT molecular complexity index is 526. The molecular formula is C14H16F3NO. The Morgan fingerprint density at radius 1 is 1.37 bits per heavy atom. The number of fused-ring (bicyclic) bond motifs is 3. The maximum atomic E-state index is 13.2. The van der Waals surface area contributed by atoms with Gasteiger partial charge in [-0.25, -0.2) is 0 Å². The summed E-state index contributed by atoms with van der Waals surface area (Å²) in [4.78, 5) is 0. The summed E-state index contributed by atoms with van der Waals surface area (Å²) in [7, 11) is 0. The zero-order valence-corrected chi connectivity index (χ0v) is 10.9. The van der Waals surface area contributed by atoms with Crippen molar-refractivity contribution >= 4 is 0 Å². The van der Waals surface area contributed by atoms with Gasteiger partial charge in [0.15, 0.2) is 0 Å². The Hall–Kier alpha value is -1.07. The summed E-state index contributed by atoms with van der Waals surface area (Å²) in [5, 5.41) is 3.22. The van der Waals surface area contributed by atoms with Crippen LogP contribution in [0.25, 0.3) is 0 Å². The zero-order chi connectivity index (χ0) is 13.8. The van der Waals surface area contributed by atoms with Crippen LogP contribution in [0.15, 0.2) is 12.1 Å². The van der Waals surface area contributed by atoms with Crippen molar-refractivity contribution in [1.29, 1.82) is 0 Å². The number of hydrogen-bond acceptors (Lipinski definition) is 2. The highest BCUT2D eigenvalue weighted by atomic mass is 19.4. The summed E-state index contributed by atoms with van der Waals surface area (Å²) in [5.74, 6) is 0. The zero-order valence-electron chi connectivity index (χ0n) is 10.9. The molecule has 0 aliphatic carbocycles. The van der Waals surface area contributed by atoms with E-state index in [1.807, 2.05) is 13.0 Å². The van der Waals surface area contributed by atoms with Crippen molar-refractivity contribution in [3.05, 3.63) is 34.4 Å². The Kier molecular flexibility index (Phi) is 2.70. The summed E-state index contributed by atoms with van der Waals surface area (Å²) in [6.07, 6.45) is -4.36. The van der Waals surface area contributed by atoms with Gasteiger partial charge in [0.2, 0.25) is 0 Å². The van der Waals surface area contributed by atoms with Crippen molar-refractivity contribution in [2.24, 2.45) is 0 Å². The minimum absolute atomic E-state index is 0.0390. The van der Waals surface area contributed by atoms with Crippen LogP contribution < -0.4 is 5.32 Å². The van der Waals surface area contributed by atoms with E-state index in [9.17, 15) is 13.2 Å². The van der Waals surface area contributed by atoms with Crippen molar-refractivity contribution in [3.8, 4) is 0 Å². The molecule has 1 aromatic rings. The Morgan fingerprint density at radius 3 is 2.79 bits per heavy atom. The van der Waals surface area contributed by atoms with E-state index < -0.39 is 11.7 Å². The third kappa shape index (κ3) is 1.87. The van der Waals surface area contributed by atoms with Gasteiger partial charge >= 0.3 is 6.18 Å². The van der Waals surface area contributed by atoms with E-state index in [4.69, 9.17) is 4.74 Å². The first-order valence-electron chi connectivity index (χ1n) is 6.36. The standard InChI is InChI=1S/C14H16F3NO/c1-8-3-10-9(11(4-8)14(15,16)17)6-19-12-5-18-7-13(10,12)2/h3-4,12,18H,5-7H2,1-2H3/t12-,13-/m0/s1. The van der Waals surface area contributed by atoms with E-state index in [2.05, 4.69) is 5.32 Å². The third-order valence-electron chi connectivity index (χ3n) is 4.28. The van der Waals surface area contributed by atoms with Crippen molar-refractivity contribution in [2.45, 2.75) is 38.1 Å². The van der Waals surface area contributed by atoms with Gasteiger partial charge in [-0.05, 0) is 24.1 Å². The van der Waals surface area contributed by atoms with Gasteiger partial charge < -0.3 is 10.1 Å². The second-order valence-corrected chi connectivity index (χ2v) is 5.68. The van der Waals surface area contributed by atoms with Gasteiger partial charge in [-0.1, -0.05) is 18.6 Å². The van der Waals surface area contributed by atoms with Crippen LogP contribution in [-0.2, 0) is 22.9 Å². The average molecular weight is 271 g/mol. The number of rotatable bonds is 0. The van der Waals surface area contributed by atoms with Crippen LogP contribution in [0.1, 0.15) is 29.2 Å². The van der Waals surface area contributed by atoms with E-state index >= 15 is 0 Å². The Balaban J connectivity index is 2.22. The fourth-order valence-corrected chi connectivity index (χ4v) is 3.23. The highest BCUT2D eigenvalue weighted by Crippen LogP contribution is 2.44. The van der Waals surface area contributed by atoms with Crippen molar-refractivity contribution < 1.29 is 17.9 Å². The molecular weight excluding hydrogens is 255 g/mol. The molecule has 2 nitrogen and oxygen atoms in total. The maximum Gasteiger partial charge on any atom is 0.416 e. The van der Waals surface area contributed by atoms with Gasteiger partial charge in [0.1, 0.15) is 0 Å². The summed E-state index contributed by atoms with van der Waals surface area (Å²) in [6.45, 7) is 5.10. The van der Waals surface area contributed by atoms with E-state index in [0.29, 0.717) is 24.2 Å². The molecule has 0 aromatic heterocycles. The van der Waals surface area contributed by atoms with E-state index in [0.717, 1.165) is 5.56 Å². The Morgan fingerprint density at radius 2 is 2.11 bits per heavy atom. The molecule has 104 valence electrons. The quantitative estimate of drug-likeness (QED) is 0.783. The van der Waals surface area contributed by atoms with Crippen molar-refractivity contribution in [1.82, 2.24) is 5.32 Å². The fraction of sp³-hybridized carbons (Fsp3) is 0.571. The molecule has 1 saturated heterocycles. The summed E-state index contributed by atoms with van der Waals surface area (Å²) in [6, 6.07) is 3.10. The first-order chi connectivity index (χ1) is 8.82. The van der Waals surface area contributed by atoms with Gasteiger partial charge in [0, 0.05) is 18.5 Å². The largest absolute Gasteiger partial charge is 0.416 e. The highest BCUT2D eigenvalue weighted by molar-refractivity contribution is 5.47. The number of aryl methyl sites for hydroxylation is 1. The summed E-state index contributed by atoms with van der Waals surface area (Å²) in [5.41, 5.74) is 0.843. The minimum atomic E-state index is -4.32. The average Bonchev–Trinajstić information content (AvgIpc) is 2.69. The van der Waals surface area contributed by atoms with Crippen LogP contribution in [0, 0.1) is 6.92 Å². The third-order valence-corrected chi connectivity index (χ3v) is 4.28. The van der Waals surface area contributed by atoms with Gasteiger partial charge in [-0.2, -0.15) is 13.2 Å². The lowest BCUT2D eigenvalue weighted by atomic mass is 9.74. The lowest BCUT2D eigenvalue weighted by Crippen LogP contribution is -2.42. The van der Waals surface area contributed by atoms with Gasteiger partial charge in [0.05, 0.1) is 18.3 Å². The van der Waals surface area contributed by atoms with Gasteiger partial charge in [-0.15, -0.1) is 0 Å². The van der Waals surface area contributed by atoms with Gasteiger partial charge in [-0.3, -0.25) is 0 Å². The minimum Gasteiger partial charge on any atom is -0.371 e. The fourth-order valence-electron chi connectivity index (χ4n) is 3.23. The van der Waals surface area contributed by atoms with Crippen LogP contribution in [0.2, 0.25) is 0 Å². The molecule has 1 aromatic carbocycles. The van der Waals surface area contributed by atoms with Crippen LogP contribution in [0.4, 0.5) is 13.2 Å². The molecule has 0 spiro atoms.